The molecule has 3 atom stereocenters. The van der Waals surface area contributed by atoms with E-state index in [4.69, 9.17) is 69.6 Å². The summed E-state index contributed by atoms with van der Waals surface area (Å²) in [5, 5.41) is 10.1. The lowest BCUT2D eigenvalue weighted by Crippen LogP contribution is -2.44. The van der Waals surface area contributed by atoms with Crippen LogP contribution in [0.3, 0.4) is 0 Å². The number of alkyl halides is 4. The summed E-state index contributed by atoms with van der Waals surface area (Å²) >= 11 is 38.3. The van der Waals surface area contributed by atoms with E-state index in [-0.39, 0.29) is 16.0 Å². The Balaban J connectivity index is 2.31. The molecule has 0 aromatic heterocycles. The second-order valence-corrected chi connectivity index (χ2v) is 9.23. The number of hydrogen-bond donors (Lipinski definition) is 1. The maximum Gasteiger partial charge on any atom is 0.166 e. The zero-order valence-electron chi connectivity index (χ0n) is 10.9. The highest BCUT2D eigenvalue weighted by Crippen LogP contribution is 2.74. The van der Waals surface area contributed by atoms with E-state index in [1.54, 1.807) is 19.9 Å². The second-order valence-electron chi connectivity index (χ2n) is 5.91. The third-order valence-corrected chi connectivity index (χ3v) is 8.18. The molecular weight excluding hydrogens is 385 g/mol. The van der Waals surface area contributed by atoms with Crippen molar-refractivity contribution in [2.45, 2.75) is 46.4 Å². The van der Waals surface area contributed by atoms with Gasteiger partial charge in [0, 0.05) is 0 Å². The molecule has 2 aliphatic rings. The van der Waals surface area contributed by atoms with Crippen LogP contribution in [0.5, 0.6) is 0 Å². The minimum absolute atomic E-state index is 0.162. The molecule has 7 heteroatoms. The molecule has 20 heavy (non-hydrogen) atoms. The minimum atomic E-state index is -1.47. The Hall–Kier alpha value is 1.18. The molecular formula is C13H14Cl6O. The number of allylic oxidation sites excluding steroid dienone is 3. The van der Waals surface area contributed by atoms with Gasteiger partial charge in [-0.05, 0) is 32.6 Å². The molecule has 0 radical (unpaired) electrons. The average Bonchev–Trinajstić information content (AvgIpc) is 2.50. The Morgan fingerprint density at radius 3 is 2.15 bits per heavy atom. The first kappa shape index (κ1) is 17.5. The first-order valence-corrected chi connectivity index (χ1v) is 8.36. The van der Waals surface area contributed by atoms with E-state index in [1.165, 1.54) is 0 Å². The zero-order valence-corrected chi connectivity index (χ0v) is 15.4. The van der Waals surface area contributed by atoms with Crippen molar-refractivity contribution in [3.8, 4) is 0 Å². The Morgan fingerprint density at radius 2 is 1.75 bits per heavy atom. The van der Waals surface area contributed by atoms with Gasteiger partial charge in [-0.3, -0.25) is 0 Å². The fourth-order valence-corrected chi connectivity index (χ4v) is 5.65. The number of rotatable bonds is 3. The van der Waals surface area contributed by atoms with Gasteiger partial charge in [0.15, 0.2) is 4.33 Å². The molecule has 0 saturated heterocycles. The third-order valence-electron chi connectivity index (χ3n) is 3.85. The summed E-state index contributed by atoms with van der Waals surface area (Å²) in [5.74, 6) is -0.162. The average molecular weight is 399 g/mol. The van der Waals surface area contributed by atoms with Crippen molar-refractivity contribution in [3.05, 3.63) is 22.2 Å². The summed E-state index contributed by atoms with van der Waals surface area (Å²) in [4.78, 5) is -2.37. The van der Waals surface area contributed by atoms with Crippen LogP contribution in [-0.4, -0.2) is 24.8 Å². The van der Waals surface area contributed by atoms with Crippen molar-refractivity contribution in [3.63, 3.8) is 0 Å². The zero-order chi connectivity index (χ0) is 15.6. The summed E-state index contributed by atoms with van der Waals surface area (Å²) in [6.45, 7) is 3.36. The lowest BCUT2D eigenvalue weighted by molar-refractivity contribution is 0.132. The lowest BCUT2D eigenvalue weighted by Gasteiger charge is -2.33. The van der Waals surface area contributed by atoms with Crippen molar-refractivity contribution in [2.24, 2.45) is 5.92 Å². The van der Waals surface area contributed by atoms with Crippen molar-refractivity contribution in [1.29, 1.82) is 0 Å². The molecule has 2 aliphatic carbocycles. The second kappa shape index (κ2) is 5.09. The number of halogens is 6. The smallest absolute Gasteiger partial charge is 0.166 e. The van der Waals surface area contributed by atoms with Gasteiger partial charge in [0.05, 0.1) is 15.7 Å². The van der Waals surface area contributed by atoms with Gasteiger partial charge < -0.3 is 5.11 Å². The highest BCUT2D eigenvalue weighted by Gasteiger charge is 2.77. The van der Waals surface area contributed by atoms with Crippen LogP contribution < -0.4 is 0 Å². The molecule has 0 aliphatic heterocycles. The van der Waals surface area contributed by atoms with Gasteiger partial charge in [-0.25, -0.2) is 0 Å². The van der Waals surface area contributed by atoms with Crippen LogP contribution in [0.4, 0.5) is 0 Å². The fourth-order valence-electron chi connectivity index (χ4n) is 2.80. The van der Waals surface area contributed by atoms with Gasteiger partial charge in [0.25, 0.3) is 0 Å². The van der Waals surface area contributed by atoms with E-state index >= 15 is 0 Å². The molecule has 1 saturated carbocycles. The molecule has 114 valence electrons. The van der Waals surface area contributed by atoms with Crippen LogP contribution in [-0.2, 0) is 0 Å². The quantitative estimate of drug-likeness (QED) is 0.487. The highest BCUT2D eigenvalue weighted by atomic mass is 35.5. The number of fused-ring (bicyclic) bond motifs is 2. The third kappa shape index (κ3) is 2.24. The Morgan fingerprint density at radius 1 is 1.20 bits per heavy atom. The van der Waals surface area contributed by atoms with E-state index in [0.29, 0.717) is 12.8 Å². The first-order chi connectivity index (χ1) is 8.88. The predicted molar refractivity (Wildman–Crippen MR) is 88.5 cm³/mol. The van der Waals surface area contributed by atoms with E-state index in [1.807, 2.05) is 6.08 Å². The minimum Gasteiger partial charge on any atom is -0.386 e. The Labute approximate surface area is 148 Å². The standard InChI is InChI=1S/C13H14Cl6O/c1-10(2,20)5-3-4-7-6-11(16)8(14)9(15)12(7,17)13(11,18)19/h3,5,7,20H,4,6H2,1-2H3/b5-3+/t7-,11-,12-/m0/s1. The Bertz CT molecular complexity index is 492. The lowest BCUT2D eigenvalue weighted by atomic mass is 9.88. The topological polar surface area (TPSA) is 20.2 Å². The van der Waals surface area contributed by atoms with E-state index < -0.39 is 19.7 Å². The summed E-state index contributed by atoms with van der Waals surface area (Å²) in [6.07, 6.45) is 4.49. The van der Waals surface area contributed by atoms with Gasteiger partial charge in [0.1, 0.15) is 9.75 Å². The molecule has 1 fully saturated rings. The SMILES string of the molecule is CC(C)(O)/C=C/C[C@H]1C[C@]2(Cl)C(Cl)=C(Cl)[C@]1(Cl)C2(Cl)Cl. The van der Waals surface area contributed by atoms with Crippen molar-refractivity contribution in [2.75, 3.05) is 0 Å². The molecule has 0 unspecified atom stereocenters. The van der Waals surface area contributed by atoms with Crippen LogP contribution >= 0.6 is 69.6 Å². The predicted octanol–water partition coefficient (Wildman–Crippen LogP) is 5.56. The van der Waals surface area contributed by atoms with Crippen molar-refractivity contribution in [1.82, 2.24) is 0 Å². The summed E-state index contributed by atoms with van der Waals surface area (Å²) < 4.78 is -1.47. The monoisotopic (exact) mass is 396 g/mol. The molecule has 0 spiro atoms. The van der Waals surface area contributed by atoms with E-state index in [0.717, 1.165) is 0 Å². The van der Waals surface area contributed by atoms with Gasteiger partial charge >= 0.3 is 0 Å². The molecule has 2 bridgehead atoms. The maximum absolute atomic E-state index is 9.68. The molecule has 0 aromatic rings. The molecule has 1 nitrogen and oxygen atoms in total. The van der Waals surface area contributed by atoms with E-state index in [2.05, 4.69) is 0 Å². The molecule has 1 N–H and O–H groups in total. The van der Waals surface area contributed by atoms with Gasteiger partial charge in [0.2, 0.25) is 0 Å². The summed E-state index contributed by atoms with van der Waals surface area (Å²) in [7, 11) is 0. The van der Waals surface area contributed by atoms with Crippen LogP contribution in [0.1, 0.15) is 26.7 Å². The summed E-state index contributed by atoms with van der Waals surface area (Å²) in [5.41, 5.74) is -0.897. The van der Waals surface area contributed by atoms with Crippen LogP contribution in [0, 0.1) is 5.92 Å². The molecule has 2 rings (SSSR count). The van der Waals surface area contributed by atoms with Crippen LogP contribution in [0.15, 0.2) is 22.2 Å². The molecule has 0 aromatic carbocycles. The van der Waals surface area contributed by atoms with Gasteiger partial charge in [-0.1, -0.05) is 58.6 Å². The summed E-state index contributed by atoms with van der Waals surface area (Å²) in [6, 6.07) is 0. The molecule has 0 heterocycles. The molecule has 0 amide bonds. The van der Waals surface area contributed by atoms with Crippen molar-refractivity contribution < 1.29 is 5.11 Å². The van der Waals surface area contributed by atoms with Crippen molar-refractivity contribution >= 4 is 69.6 Å². The van der Waals surface area contributed by atoms with Gasteiger partial charge in [-0.15, -0.1) is 23.2 Å². The van der Waals surface area contributed by atoms with Gasteiger partial charge in [-0.2, -0.15) is 0 Å². The first-order valence-electron chi connectivity index (χ1n) is 6.10. The Kier molecular flexibility index (Phi) is 4.46. The maximum atomic E-state index is 9.68. The normalized spacial score (nSPS) is 40.1. The number of hydrogen-bond acceptors (Lipinski definition) is 1. The fraction of sp³-hybridized carbons (Fsp3) is 0.692. The largest absolute Gasteiger partial charge is 0.386 e. The van der Waals surface area contributed by atoms with E-state index in [9.17, 15) is 5.11 Å². The van der Waals surface area contributed by atoms with Crippen LogP contribution in [0.2, 0.25) is 0 Å². The highest BCUT2D eigenvalue weighted by molar-refractivity contribution is 6.65. The van der Waals surface area contributed by atoms with Crippen LogP contribution in [0.25, 0.3) is 0 Å². The number of aliphatic hydroxyl groups is 1.